The van der Waals surface area contributed by atoms with Crippen LogP contribution in [0.25, 0.3) is 0 Å². The largest absolute Gasteiger partial charge is 0.262 e. The Labute approximate surface area is 204 Å². The molecule has 0 amide bonds. The van der Waals surface area contributed by atoms with Gasteiger partial charge in [-0.25, -0.2) is 0 Å². The molecule has 0 fully saturated rings. The van der Waals surface area contributed by atoms with Crippen LogP contribution in [0.4, 0.5) is 0 Å². The molecule has 186 valence electrons. The maximum atomic E-state index is 2.43. The predicted molar refractivity (Wildman–Crippen MR) is 148 cm³/mol. The fourth-order valence-corrected chi connectivity index (χ4v) is 10.9. The monoisotopic (exact) mass is 450 g/mol. The molecule has 0 aromatic rings. The third kappa shape index (κ3) is 18.6. The zero-order valence-electron chi connectivity index (χ0n) is 23.2. The first-order chi connectivity index (χ1) is 15.1. The summed E-state index contributed by atoms with van der Waals surface area (Å²) in [6, 6.07) is 0. The van der Waals surface area contributed by atoms with Crippen LogP contribution in [0, 0.1) is 17.8 Å². The van der Waals surface area contributed by atoms with E-state index in [1.165, 1.54) is 116 Å². The molecule has 0 aromatic heterocycles. The van der Waals surface area contributed by atoms with E-state index >= 15 is 0 Å². The molecule has 0 bridgehead atoms. The van der Waals surface area contributed by atoms with E-state index in [2.05, 4.69) is 41.5 Å². The smallest absolute Gasteiger partial charge is 0.0910 e. The Balaban J connectivity index is 5.17. The maximum absolute atomic E-state index is 2.43. The van der Waals surface area contributed by atoms with Gasteiger partial charge in [-0.1, -0.05) is 191 Å². The molecule has 3 atom stereocenters. The first-order valence-corrected chi connectivity index (χ1v) is 17.6. The molecule has 0 saturated heterocycles. The first kappa shape index (κ1) is 31.5. The quantitative estimate of drug-likeness (QED) is 0.101. The number of hydrogen-bond acceptors (Lipinski definition) is 0. The average molecular weight is 451 g/mol. The summed E-state index contributed by atoms with van der Waals surface area (Å²) in [5, 5.41) is 5.04. The van der Waals surface area contributed by atoms with Gasteiger partial charge in [-0.2, -0.15) is 0 Å². The zero-order chi connectivity index (χ0) is 23.2. The van der Waals surface area contributed by atoms with Gasteiger partial charge in [-0.15, -0.1) is 0 Å². The van der Waals surface area contributed by atoms with E-state index < -0.39 is 14.1 Å². The van der Waals surface area contributed by atoms with Crippen LogP contribution in [0.15, 0.2) is 0 Å². The minimum atomic E-state index is -0.657. The molecule has 0 rings (SSSR count). The molecule has 0 N–H and O–H groups in total. The van der Waals surface area contributed by atoms with Crippen LogP contribution < -0.4 is 0 Å². The summed E-state index contributed by atoms with van der Waals surface area (Å²) in [5.41, 5.74) is 0. The second-order valence-corrected chi connectivity index (χ2v) is 14.2. The van der Waals surface area contributed by atoms with Crippen molar-refractivity contribution in [2.24, 2.45) is 17.8 Å². The summed E-state index contributed by atoms with van der Waals surface area (Å²) in [7, 11) is 0. The molecule has 1 heteroatoms. The van der Waals surface area contributed by atoms with Crippen molar-refractivity contribution >= 4 is 14.1 Å². The van der Waals surface area contributed by atoms with E-state index in [0.29, 0.717) is 0 Å². The minimum Gasteiger partial charge on any atom is -0.0910 e. The van der Waals surface area contributed by atoms with Crippen molar-refractivity contribution in [3.63, 3.8) is 0 Å². The molecule has 3 unspecified atom stereocenters. The second kappa shape index (κ2) is 23.7. The van der Waals surface area contributed by atoms with Crippen LogP contribution in [0.5, 0.6) is 0 Å². The Hall–Kier alpha value is 0.532. The Kier molecular flexibility index (Phi) is 24.1. The molecule has 0 nitrogen and oxygen atoms in total. The van der Waals surface area contributed by atoms with E-state index in [-0.39, 0.29) is 0 Å². The van der Waals surface area contributed by atoms with Crippen LogP contribution in [-0.2, 0) is 0 Å². The number of hydrogen-bond donors (Lipinski definition) is 0. The lowest BCUT2D eigenvalue weighted by atomic mass is 9.97. The molecule has 0 aromatic carbocycles. The van der Waals surface area contributed by atoms with Crippen LogP contribution in [0.1, 0.15) is 157 Å². The number of rotatable bonds is 24. The maximum Gasteiger partial charge on any atom is 0.262 e. The van der Waals surface area contributed by atoms with Crippen LogP contribution in [0.3, 0.4) is 0 Å². The predicted octanol–water partition coefficient (Wildman–Crippen LogP) is 11.5. The van der Waals surface area contributed by atoms with E-state index in [0.717, 1.165) is 17.8 Å². The zero-order valence-corrected chi connectivity index (χ0v) is 24.3. The van der Waals surface area contributed by atoms with Gasteiger partial charge in [0.05, 0.1) is 0 Å². The highest BCUT2D eigenvalue weighted by atomic mass is 27.2. The summed E-state index contributed by atoms with van der Waals surface area (Å²) < 4.78 is 0. The van der Waals surface area contributed by atoms with Crippen LogP contribution in [-0.4, -0.2) is 14.1 Å². The molecule has 0 aliphatic heterocycles. The van der Waals surface area contributed by atoms with Crippen molar-refractivity contribution in [2.45, 2.75) is 173 Å². The molecule has 0 radical (unpaired) electrons. The summed E-state index contributed by atoms with van der Waals surface area (Å²) in [5.74, 6) is 3.18. The van der Waals surface area contributed by atoms with Crippen molar-refractivity contribution in [3.8, 4) is 0 Å². The van der Waals surface area contributed by atoms with Gasteiger partial charge in [0, 0.05) is 0 Å². The fourth-order valence-electron chi connectivity index (χ4n) is 6.12. The van der Waals surface area contributed by atoms with Crippen LogP contribution in [0.2, 0.25) is 15.8 Å². The lowest BCUT2D eigenvalue weighted by Gasteiger charge is -2.27. The summed E-state index contributed by atoms with van der Waals surface area (Å²) >= 11 is -0.657. The van der Waals surface area contributed by atoms with Gasteiger partial charge in [0.1, 0.15) is 0 Å². The van der Waals surface area contributed by atoms with Crippen molar-refractivity contribution in [1.82, 2.24) is 0 Å². The molecule has 0 heterocycles. The third-order valence-electron chi connectivity index (χ3n) is 7.74. The SMILES string of the molecule is CCCCCC(CCC)[CH2][Al]([CH2]C(CCC)CCCCC)[CH2]C(CCC)CCCCC. The van der Waals surface area contributed by atoms with Crippen molar-refractivity contribution in [2.75, 3.05) is 0 Å². The van der Waals surface area contributed by atoms with Crippen LogP contribution >= 0.6 is 0 Å². The van der Waals surface area contributed by atoms with E-state index in [9.17, 15) is 0 Å². The molecule has 31 heavy (non-hydrogen) atoms. The van der Waals surface area contributed by atoms with Gasteiger partial charge in [0.25, 0.3) is 14.1 Å². The van der Waals surface area contributed by atoms with E-state index in [1.807, 2.05) is 0 Å². The van der Waals surface area contributed by atoms with Crippen molar-refractivity contribution in [1.29, 1.82) is 0 Å². The summed E-state index contributed by atoms with van der Waals surface area (Å²) in [6.45, 7) is 14.4. The number of unbranched alkanes of at least 4 members (excludes halogenated alkanes) is 6. The minimum absolute atomic E-state index is 0.657. The average Bonchev–Trinajstić information content (AvgIpc) is 2.74. The molecule has 0 spiro atoms. The normalized spacial score (nSPS) is 14.5. The van der Waals surface area contributed by atoms with E-state index in [4.69, 9.17) is 0 Å². The Morgan fingerprint density at radius 1 is 0.355 bits per heavy atom. The lowest BCUT2D eigenvalue weighted by molar-refractivity contribution is 0.425. The summed E-state index contributed by atoms with van der Waals surface area (Å²) in [6.07, 6.45) is 26.3. The van der Waals surface area contributed by atoms with Crippen molar-refractivity contribution < 1.29 is 0 Å². The molecule has 0 aliphatic rings. The topological polar surface area (TPSA) is 0 Å². The Morgan fingerprint density at radius 3 is 0.871 bits per heavy atom. The standard InChI is InChI=1S/3C10H21.Al/c3*1-4-6-7-9-10(3)8-5-2;/h3*10H,3-9H2,1-2H3;. The molecule has 0 aliphatic carbocycles. The highest BCUT2D eigenvalue weighted by molar-refractivity contribution is 6.59. The van der Waals surface area contributed by atoms with Gasteiger partial charge in [0.15, 0.2) is 0 Å². The lowest BCUT2D eigenvalue weighted by Crippen LogP contribution is -2.24. The third-order valence-corrected chi connectivity index (χ3v) is 11.7. The highest BCUT2D eigenvalue weighted by Crippen LogP contribution is 2.33. The van der Waals surface area contributed by atoms with Gasteiger partial charge < -0.3 is 0 Å². The van der Waals surface area contributed by atoms with Crippen molar-refractivity contribution in [3.05, 3.63) is 0 Å². The van der Waals surface area contributed by atoms with Gasteiger partial charge in [-0.3, -0.25) is 0 Å². The first-order valence-electron chi connectivity index (χ1n) is 15.1. The Morgan fingerprint density at radius 2 is 0.645 bits per heavy atom. The van der Waals surface area contributed by atoms with Gasteiger partial charge >= 0.3 is 0 Å². The highest BCUT2D eigenvalue weighted by Gasteiger charge is 2.27. The second-order valence-electron chi connectivity index (χ2n) is 11.0. The molecule has 0 saturated carbocycles. The van der Waals surface area contributed by atoms with Gasteiger partial charge in [-0.05, 0) is 0 Å². The molecular weight excluding hydrogens is 387 g/mol. The summed E-state index contributed by atoms with van der Waals surface area (Å²) in [4.78, 5) is 0. The van der Waals surface area contributed by atoms with Gasteiger partial charge in [0.2, 0.25) is 0 Å². The fraction of sp³-hybridized carbons (Fsp3) is 1.00. The Bertz CT molecular complexity index is 287. The van der Waals surface area contributed by atoms with E-state index in [1.54, 1.807) is 15.8 Å². The molecular formula is C30H63Al.